The van der Waals surface area contributed by atoms with Gasteiger partial charge in [0.05, 0.1) is 6.07 Å². The molecule has 32 heavy (non-hydrogen) atoms. The Kier molecular flexibility index (Phi) is 6.49. The van der Waals surface area contributed by atoms with Gasteiger partial charge in [-0.25, -0.2) is 5.10 Å². The Labute approximate surface area is 197 Å². The zero-order valence-corrected chi connectivity index (χ0v) is 19.7. The monoisotopic (exact) mass is 467 g/mol. The van der Waals surface area contributed by atoms with Crippen LogP contribution in [0, 0.1) is 13.8 Å². The van der Waals surface area contributed by atoms with Crippen LogP contribution in [-0.4, -0.2) is 22.0 Å². The number of nitrogens with one attached hydrogen (secondary N) is 2. The molecular formula is C25H25Cl2N4O+. The van der Waals surface area contributed by atoms with E-state index in [1.54, 1.807) is 6.07 Å². The molecule has 4 rings (SSSR count). The highest BCUT2D eigenvalue weighted by molar-refractivity contribution is 6.30. The Bertz CT molecular complexity index is 1250. The molecule has 0 saturated heterocycles. The van der Waals surface area contributed by atoms with Crippen LogP contribution in [0.15, 0.2) is 60.7 Å². The minimum atomic E-state index is -0.171. The molecule has 7 heteroatoms. The maximum atomic E-state index is 13.1. The Morgan fingerprint density at radius 2 is 1.66 bits per heavy atom. The number of carbonyl (C=O) groups excluding carboxylic acids is 1. The molecular weight excluding hydrogens is 443 g/mol. The molecule has 0 unspecified atom stereocenters. The van der Waals surface area contributed by atoms with Gasteiger partial charge >= 0.3 is 5.65 Å². The minimum Gasteiger partial charge on any atom is -0.348 e. The third-order valence-electron chi connectivity index (χ3n) is 5.67. The minimum absolute atomic E-state index is 0.0523. The highest BCUT2D eigenvalue weighted by atomic mass is 35.5. The molecule has 0 saturated carbocycles. The standard InChI is InChI=1S/C25H24Cl2N4O/c1-15-12-16(2)31-24(28-15)14-23(30-31)25(32)29-17(3)22(19-6-10-21(27)11-7-19)13-18-4-8-20(26)9-5-18/h4-12,14,17,22H,13H2,1-3H3,(H,29,32)/p+1/t17-,22+/m1/s1. The second-order valence-electron chi connectivity index (χ2n) is 8.15. The van der Waals surface area contributed by atoms with Crippen molar-refractivity contribution < 1.29 is 9.31 Å². The molecule has 164 valence electrons. The number of aromatic nitrogens is 3. The Morgan fingerprint density at radius 3 is 2.31 bits per heavy atom. The molecule has 0 aliphatic heterocycles. The number of benzene rings is 2. The number of aryl methyl sites for hydroxylation is 2. The summed E-state index contributed by atoms with van der Waals surface area (Å²) in [7, 11) is 0. The Morgan fingerprint density at radius 1 is 1.03 bits per heavy atom. The number of carbonyl (C=O) groups is 1. The second-order valence-corrected chi connectivity index (χ2v) is 9.03. The number of hydrogen-bond donors (Lipinski definition) is 2. The van der Waals surface area contributed by atoms with Gasteiger partial charge in [-0.2, -0.15) is 0 Å². The molecule has 0 fully saturated rings. The topological polar surface area (TPSA) is 61.9 Å². The molecule has 2 aromatic heterocycles. The van der Waals surface area contributed by atoms with Crippen molar-refractivity contribution in [1.29, 1.82) is 0 Å². The van der Waals surface area contributed by atoms with E-state index in [1.807, 2.05) is 79.9 Å². The average Bonchev–Trinajstić information content (AvgIpc) is 3.19. The van der Waals surface area contributed by atoms with Gasteiger partial charge in [0.2, 0.25) is 0 Å². The lowest BCUT2D eigenvalue weighted by molar-refractivity contribution is -0.586. The van der Waals surface area contributed by atoms with Crippen molar-refractivity contribution in [3.05, 3.63) is 98.9 Å². The van der Waals surface area contributed by atoms with Crippen LogP contribution in [0.2, 0.25) is 10.0 Å². The predicted octanol–water partition coefficient (Wildman–Crippen LogP) is 5.22. The fourth-order valence-corrected chi connectivity index (χ4v) is 4.26. The average molecular weight is 468 g/mol. The lowest BCUT2D eigenvalue weighted by Gasteiger charge is -2.25. The van der Waals surface area contributed by atoms with Gasteiger partial charge < -0.3 is 5.32 Å². The first-order valence-corrected chi connectivity index (χ1v) is 11.3. The number of fused-ring (bicyclic) bond motifs is 1. The molecule has 1 amide bonds. The molecule has 0 aliphatic rings. The molecule has 2 atom stereocenters. The van der Waals surface area contributed by atoms with Crippen LogP contribution in [-0.2, 0) is 6.42 Å². The Hall–Kier alpha value is -2.89. The first kappa shape index (κ1) is 22.3. The summed E-state index contributed by atoms with van der Waals surface area (Å²) in [5.74, 6) is -0.119. The van der Waals surface area contributed by atoms with Crippen LogP contribution in [0.1, 0.15) is 45.8 Å². The van der Waals surface area contributed by atoms with E-state index < -0.39 is 0 Å². The van der Waals surface area contributed by atoms with E-state index >= 15 is 0 Å². The van der Waals surface area contributed by atoms with Crippen molar-refractivity contribution in [3.63, 3.8) is 0 Å². The van der Waals surface area contributed by atoms with Crippen molar-refractivity contribution >= 4 is 34.8 Å². The highest BCUT2D eigenvalue weighted by Crippen LogP contribution is 2.27. The van der Waals surface area contributed by atoms with E-state index in [0.717, 1.165) is 34.6 Å². The van der Waals surface area contributed by atoms with Gasteiger partial charge in [-0.15, -0.1) is 4.52 Å². The van der Waals surface area contributed by atoms with E-state index in [0.29, 0.717) is 15.7 Å². The number of rotatable bonds is 6. The molecule has 0 spiro atoms. The van der Waals surface area contributed by atoms with Crippen molar-refractivity contribution in [2.24, 2.45) is 0 Å². The summed E-state index contributed by atoms with van der Waals surface area (Å²) in [6, 6.07) is 19.2. The molecule has 2 aromatic carbocycles. The maximum absolute atomic E-state index is 13.1. The molecule has 0 radical (unpaired) electrons. The van der Waals surface area contributed by atoms with E-state index in [4.69, 9.17) is 23.2 Å². The Balaban J connectivity index is 1.59. The maximum Gasteiger partial charge on any atom is 0.349 e. The molecule has 4 aromatic rings. The molecule has 2 N–H and O–H groups in total. The summed E-state index contributed by atoms with van der Waals surface area (Å²) in [6.45, 7) is 5.94. The summed E-state index contributed by atoms with van der Waals surface area (Å²) in [4.78, 5) is 17.6. The molecule has 2 heterocycles. The van der Waals surface area contributed by atoms with Gasteiger partial charge in [0.1, 0.15) is 11.4 Å². The zero-order chi connectivity index (χ0) is 22.8. The van der Waals surface area contributed by atoms with Crippen LogP contribution in [0.3, 0.4) is 0 Å². The van der Waals surface area contributed by atoms with Crippen LogP contribution in [0.25, 0.3) is 5.65 Å². The number of nitrogens with zero attached hydrogens (tertiary/aromatic N) is 2. The largest absolute Gasteiger partial charge is 0.349 e. The summed E-state index contributed by atoms with van der Waals surface area (Å²) in [6.07, 6.45) is 0.752. The van der Waals surface area contributed by atoms with Crippen LogP contribution in [0.4, 0.5) is 0 Å². The summed E-state index contributed by atoms with van der Waals surface area (Å²) >= 11 is 12.2. The quantitative estimate of drug-likeness (QED) is 0.382. The molecule has 5 nitrogen and oxygen atoms in total. The fraction of sp³-hybridized carbons (Fsp3) is 0.240. The fourth-order valence-electron chi connectivity index (χ4n) is 4.00. The van der Waals surface area contributed by atoms with Crippen LogP contribution in [0.5, 0.6) is 0 Å². The first-order valence-electron chi connectivity index (χ1n) is 10.5. The molecule has 0 bridgehead atoms. The molecule has 0 aliphatic carbocycles. The number of hydrogen-bond acceptors (Lipinski definition) is 2. The van der Waals surface area contributed by atoms with Crippen LogP contribution < -0.4 is 9.83 Å². The SMILES string of the molecule is Cc1cc(C)[n+]2[nH]c(C(=O)N[C@H](C)[C@H](Cc3ccc(Cl)cc3)c3ccc(Cl)cc3)cc2n1. The summed E-state index contributed by atoms with van der Waals surface area (Å²) in [5, 5.41) is 7.70. The predicted molar refractivity (Wildman–Crippen MR) is 127 cm³/mol. The van der Waals surface area contributed by atoms with Gasteiger partial charge in [-0.05, 0) is 53.7 Å². The van der Waals surface area contributed by atoms with Gasteiger partial charge in [0.15, 0.2) is 5.69 Å². The van der Waals surface area contributed by atoms with E-state index in [1.165, 1.54) is 0 Å². The van der Waals surface area contributed by atoms with Crippen molar-refractivity contribution in [1.82, 2.24) is 15.4 Å². The zero-order valence-electron chi connectivity index (χ0n) is 18.2. The van der Waals surface area contributed by atoms with Crippen molar-refractivity contribution in [3.8, 4) is 0 Å². The van der Waals surface area contributed by atoms with E-state index in [-0.39, 0.29) is 17.9 Å². The lowest BCUT2D eigenvalue weighted by Crippen LogP contribution is -2.39. The number of aromatic amines is 1. The van der Waals surface area contributed by atoms with Gasteiger partial charge in [-0.1, -0.05) is 47.5 Å². The highest BCUT2D eigenvalue weighted by Gasteiger charge is 2.24. The summed E-state index contributed by atoms with van der Waals surface area (Å²) < 4.78 is 1.82. The number of amides is 1. The van der Waals surface area contributed by atoms with Crippen molar-refractivity contribution in [2.75, 3.05) is 0 Å². The first-order chi connectivity index (χ1) is 15.3. The van der Waals surface area contributed by atoms with E-state index in [2.05, 4.69) is 15.4 Å². The lowest BCUT2D eigenvalue weighted by atomic mass is 9.86. The number of halogens is 2. The van der Waals surface area contributed by atoms with Crippen LogP contribution >= 0.6 is 23.2 Å². The number of H-pyrrole nitrogens is 1. The summed E-state index contributed by atoms with van der Waals surface area (Å²) in [5.41, 5.74) is 5.34. The normalized spacial score (nSPS) is 13.2. The second kappa shape index (κ2) is 9.31. The van der Waals surface area contributed by atoms with Gasteiger partial charge in [-0.3, -0.25) is 4.79 Å². The third-order valence-corrected chi connectivity index (χ3v) is 6.17. The van der Waals surface area contributed by atoms with E-state index in [9.17, 15) is 4.79 Å². The van der Waals surface area contributed by atoms with Gasteiger partial charge in [0.25, 0.3) is 5.91 Å². The van der Waals surface area contributed by atoms with Gasteiger partial charge in [0, 0.05) is 41.9 Å². The third kappa shape index (κ3) is 4.95. The van der Waals surface area contributed by atoms with Crippen molar-refractivity contribution in [2.45, 2.75) is 39.2 Å². The smallest absolute Gasteiger partial charge is 0.348 e.